The number of aryl methyl sites for hydroxylation is 1. The average Bonchev–Trinajstić information content (AvgIpc) is 2.47. The molecule has 0 spiro atoms. The summed E-state index contributed by atoms with van der Waals surface area (Å²) in [5.74, 6) is 0. The van der Waals surface area contributed by atoms with Gasteiger partial charge in [0.05, 0.1) is 0 Å². The summed E-state index contributed by atoms with van der Waals surface area (Å²) in [6.07, 6.45) is 1.92. The Morgan fingerprint density at radius 1 is 0.737 bits per heavy atom. The number of rotatable bonds is 2. The zero-order valence-corrected chi connectivity index (χ0v) is 11.1. The zero-order chi connectivity index (χ0) is 13.2. The largest absolute Gasteiger partial charge is 0.0984 e. The average molecular weight is 244 g/mol. The summed E-state index contributed by atoms with van der Waals surface area (Å²) in [5.41, 5.74) is 5.08. The topological polar surface area (TPSA) is 0 Å². The van der Waals surface area contributed by atoms with Crippen LogP contribution in [0.3, 0.4) is 0 Å². The van der Waals surface area contributed by atoms with E-state index >= 15 is 0 Å². The summed E-state index contributed by atoms with van der Waals surface area (Å²) in [6.45, 7) is 6.06. The molecule has 3 aromatic rings. The highest BCUT2D eigenvalue weighted by Crippen LogP contribution is 2.32. The van der Waals surface area contributed by atoms with Crippen LogP contribution < -0.4 is 0 Å². The number of fused-ring (bicyclic) bond motifs is 1. The van der Waals surface area contributed by atoms with Crippen molar-refractivity contribution in [3.63, 3.8) is 0 Å². The van der Waals surface area contributed by atoms with Gasteiger partial charge in [-0.2, -0.15) is 0 Å². The van der Waals surface area contributed by atoms with Crippen molar-refractivity contribution in [2.75, 3.05) is 0 Å². The highest BCUT2D eigenvalue weighted by Gasteiger charge is 2.07. The molecule has 0 amide bonds. The van der Waals surface area contributed by atoms with Crippen molar-refractivity contribution in [3.05, 3.63) is 78.4 Å². The molecule has 0 heterocycles. The smallest absolute Gasteiger partial charge is 0.00993 e. The Kier molecular flexibility index (Phi) is 2.92. The molecule has 0 radical (unpaired) electrons. The van der Waals surface area contributed by atoms with E-state index in [1.165, 1.54) is 33.0 Å². The van der Waals surface area contributed by atoms with Gasteiger partial charge in [-0.3, -0.25) is 0 Å². The zero-order valence-electron chi connectivity index (χ0n) is 11.1. The molecular weight excluding hydrogens is 228 g/mol. The molecule has 92 valence electrons. The molecule has 0 aliphatic heterocycles. The lowest BCUT2D eigenvalue weighted by atomic mass is 9.93. The first-order valence-corrected chi connectivity index (χ1v) is 6.51. The molecule has 0 bridgehead atoms. The molecule has 3 aromatic carbocycles. The van der Waals surface area contributed by atoms with Gasteiger partial charge >= 0.3 is 0 Å². The Bertz CT molecular complexity index is 751. The van der Waals surface area contributed by atoms with Crippen molar-refractivity contribution < 1.29 is 0 Å². The lowest BCUT2D eigenvalue weighted by Gasteiger charge is -2.11. The van der Waals surface area contributed by atoms with Crippen LogP contribution in [0.15, 0.2) is 67.2 Å². The molecule has 0 N–H and O–H groups in total. The lowest BCUT2D eigenvalue weighted by molar-refractivity contribution is 1.47. The van der Waals surface area contributed by atoms with Crippen LogP contribution in [0.25, 0.3) is 28.0 Å². The quantitative estimate of drug-likeness (QED) is 0.561. The van der Waals surface area contributed by atoms with Gasteiger partial charge in [0.25, 0.3) is 0 Å². The van der Waals surface area contributed by atoms with Crippen molar-refractivity contribution in [1.82, 2.24) is 0 Å². The monoisotopic (exact) mass is 244 g/mol. The highest BCUT2D eigenvalue weighted by molar-refractivity contribution is 6.01. The third-order valence-corrected chi connectivity index (χ3v) is 3.61. The standard InChI is InChI=1S/C19H16/c1-3-15-12-13-19(16-9-5-4-8-14(16)2)18-11-7-6-10-17(15)18/h3-13H,1H2,2H3. The summed E-state index contributed by atoms with van der Waals surface area (Å²) in [6, 6.07) is 21.4. The normalized spacial score (nSPS) is 10.6. The minimum Gasteiger partial charge on any atom is -0.0984 e. The Balaban J connectivity index is 2.38. The van der Waals surface area contributed by atoms with Crippen LogP contribution in [-0.2, 0) is 0 Å². The predicted molar refractivity (Wildman–Crippen MR) is 84.2 cm³/mol. The van der Waals surface area contributed by atoms with Crippen LogP contribution >= 0.6 is 0 Å². The molecule has 3 rings (SSSR count). The summed E-state index contributed by atoms with van der Waals surface area (Å²) < 4.78 is 0. The maximum Gasteiger partial charge on any atom is -0.00993 e. The molecule has 0 aliphatic carbocycles. The fraction of sp³-hybridized carbons (Fsp3) is 0.0526. The second-order valence-electron chi connectivity index (χ2n) is 4.77. The van der Waals surface area contributed by atoms with E-state index < -0.39 is 0 Å². The molecule has 0 aromatic heterocycles. The maximum atomic E-state index is 3.90. The van der Waals surface area contributed by atoms with E-state index in [0.29, 0.717) is 0 Å². The Morgan fingerprint density at radius 3 is 2.16 bits per heavy atom. The van der Waals surface area contributed by atoms with E-state index in [0.717, 1.165) is 0 Å². The first-order valence-electron chi connectivity index (χ1n) is 6.51. The van der Waals surface area contributed by atoms with E-state index in [2.05, 4.69) is 74.2 Å². The van der Waals surface area contributed by atoms with Crippen molar-refractivity contribution in [1.29, 1.82) is 0 Å². The molecule has 0 atom stereocenters. The molecule has 0 nitrogen and oxygen atoms in total. The predicted octanol–water partition coefficient (Wildman–Crippen LogP) is 5.46. The second-order valence-corrected chi connectivity index (χ2v) is 4.77. The first-order chi connectivity index (χ1) is 9.31. The number of benzene rings is 3. The number of hydrogen-bond acceptors (Lipinski definition) is 0. The van der Waals surface area contributed by atoms with Gasteiger partial charge in [0.1, 0.15) is 0 Å². The molecule has 0 aliphatic rings. The van der Waals surface area contributed by atoms with Gasteiger partial charge < -0.3 is 0 Å². The minimum absolute atomic E-state index is 1.19. The van der Waals surface area contributed by atoms with Crippen LogP contribution in [0.4, 0.5) is 0 Å². The molecule has 0 heteroatoms. The molecule has 0 fully saturated rings. The van der Waals surface area contributed by atoms with E-state index in [-0.39, 0.29) is 0 Å². The van der Waals surface area contributed by atoms with Crippen molar-refractivity contribution in [3.8, 4) is 11.1 Å². The summed E-state index contributed by atoms with van der Waals surface area (Å²) in [7, 11) is 0. The second kappa shape index (κ2) is 4.74. The minimum atomic E-state index is 1.19. The number of hydrogen-bond donors (Lipinski definition) is 0. The van der Waals surface area contributed by atoms with Crippen LogP contribution in [0, 0.1) is 6.92 Å². The van der Waals surface area contributed by atoms with Crippen molar-refractivity contribution >= 4 is 16.8 Å². The van der Waals surface area contributed by atoms with Crippen molar-refractivity contribution in [2.45, 2.75) is 6.92 Å². The van der Waals surface area contributed by atoms with E-state index in [9.17, 15) is 0 Å². The first kappa shape index (κ1) is 11.7. The van der Waals surface area contributed by atoms with Crippen molar-refractivity contribution in [2.24, 2.45) is 0 Å². The van der Waals surface area contributed by atoms with E-state index in [4.69, 9.17) is 0 Å². The molecule has 0 saturated heterocycles. The van der Waals surface area contributed by atoms with Gasteiger partial charge in [-0.15, -0.1) is 0 Å². The van der Waals surface area contributed by atoms with Crippen LogP contribution in [0.2, 0.25) is 0 Å². The van der Waals surface area contributed by atoms with Gasteiger partial charge in [-0.05, 0) is 39.9 Å². The van der Waals surface area contributed by atoms with Crippen LogP contribution in [0.5, 0.6) is 0 Å². The third kappa shape index (κ3) is 1.96. The summed E-state index contributed by atoms with van der Waals surface area (Å²) in [4.78, 5) is 0. The van der Waals surface area contributed by atoms with Gasteiger partial charge in [-0.1, -0.05) is 73.3 Å². The van der Waals surface area contributed by atoms with E-state index in [1.807, 2.05) is 6.08 Å². The fourth-order valence-corrected chi connectivity index (χ4v) is 2.61. The van der Waals surface area contributed by atoms with E-state index in [1.54, 1.807) is 0 Å². The summed E-state index contributed by atoms with van der Waals surface area (Å²) >= 11 is 0. The van der Waals surface area contributed by atoms with Crippen LogP contribution in [0.1, 0.15) is 11.1 Å². The SMILES string of the molecule is C=Cc1ccc(-c2ccccc2C)c2ccccc12. The third-order valence-electron chi connectivity index (χ3n) is 3.61. The van der Waals surface area contributed by atoms with Gasteiger partial charge in [0.2, 0.25) is 0 Å². The lowest BCUT2D eigenvalue weighted by Crippen LogP contribution is -1.86. The molecule has 0 saturated carbocycles. The maximum absolute atomic E-state index is 3.90. The van der Waals surface area contributed by atoms with Crippen LogP contribution in [-0.4, -0.2) is 0 Å². The highest BCUT2D eigenvalue weighted by atomic mass is 14.1. The Labute approximate surface area is 114 Å². The van der Waals surface area contributed by atoms with Gasteiger partial charge in [0.15, 0.2) is 0 Å². The van der Waals surface area contributed by atoms with Gasteiger partial charge in [-0.25, -0.2) is 0 Å². The molecular formula is C19H16. The Morgan fingerprint density at radius 2 is 1.42 bits per heavy atom. The molecule has 19 heavy (non-hydrogen) atoms. The summed E-state index contributed by atoms with van der Waals surface area (Å²) in [5, 5.41) is 2.55. The fourth-order valence-electron chi connectivity index (χ4n) is 2.61. The Hall–Kier alpha value is -2.34. The molecule has 0 unspecified atom stereocenters. The van der Waals surface area contributed by atoms with Gasteiger partial charge in [0, 0.05) is 0 Å².